The molecule has 0 aromatic heterocycles. The van der Waals surface area contributed by atoms with E-state index in [4.69, 9.17) is 9.57 Å². The van der Waals surface area contributed by atoms with E-state index in [1.165, 1.54) is 38.8 Å². The maximum atomic E-state index is 5.49. The summed E-state index contributed by atoms with van der Waals surface area (Å²) in [7, 11) is 5.94. The highest BCUT2D eigenvalue weighted by Gasteiger charge is 2.10. The molecule has 4 heteroatoms. The Kier molecular flexibility index (Phi) is 5.53. The lowest BCUT2D eigenvalue weighted by Gasteiger charge is -2.23. The van der Waals surface area contributed by atoms with Crippen molar-refractivity contribution in [3.63, 3.8) is 0 Å². The SMILES string of the molecule is C[N+](C)(C)OCOCN1CCCCCC1. The third-order valence-corrected chi connectivity index (χ3v) is 2.50. The van der Waals surface area contributed by atoms with Gasteiger partial charge in [-0.05, 0) is 12.8 Å². The van der Waals surface area contributed by atoms with Gasteiger partial charge < -0.3 is 4.74 Å². The van der Waals surface area contributed by atoms with Crippen molar-refractivity contribution < 1.29 is 14.2 Å². The summed E-state index contributed by atoms with van der Waals surface area (Å²) in [5.74, 6) is 0. The average Bonchev–Trinajstić information content (AvgIpc) is 2.39. The fourth-order valence-corrected chi connectivity index (χ4v) is 1.63. The number of hydrogen-bond donors (Lipinski definition) is 0. The minimum atomic E-state index is 0.375. The van der Waals surface area contributed by atoms with Gasteiger partial charge in [0.2, 0.25) is 6.79 Å². The maximum Gasteiger partial charge on any atom is 0.206 e. The quantitative estimate of drug-likeness (QED) is 0.301. The van der Waals surface area contributed by atoms with Gasteiger partial charge >= 0.3 is 0 Å². The number of likely N-dealkylation sites (tertiary alicyclic amines) is 1. The molecule has 0 radical (unpaired) electrons. The summed E-state index contributed by atoms with van der Waals surface area (Å²) >= 11 is 0. The Bertz CT molecular complexity index is 160. The van der Waals surface area contributed by atoms with Gasteiger partial charge in [0, 0.05) is 13.1 Å². The van der Waals surface area contributed by atoms with Crippen LogP contribution in [0, 0.1) is 0 Å². The molecule has 1 aliphatic rings. The molecule has 0 amide bonds. The second-order valence-electron chi connectivity index (χ2n) is 5.00. The Balaban J connectivity index is 2.03. The molecular weight excluding hydrogens is 192 g/mol. The van der Waals surface area contributed by atoms with Gasteiger partial charge in [-0.2, -0.15) is 9.48 Å². The first-order valence-corrected chi connectivity index (χ1v) is 5.84. The van der Waals surface area contributed by atoms with Crippen molar-refractivity contribution in [2.24, 2.45) is 0 Å². The fraction of sp³-hybridized carbons (Fsp3) is 1.00. The van der Waals surface area contributed by atoms with Gasteiger partial charge in [0.05, 0.1) is 21.1 Å². The number of hydroxylamine groups is 3. The Morgan fingerprint density at radius 1 is 1.00 bits per heavy atom. The van der Waals surface area contributed by atoms with E-state index in [-0.39, 0.29) is 0 Å². The lowest BCUT2D eigenvalue weighted by Crippen LogP contribution is -2.36. The van der Waals surface area contributed by atoms with E-state index in [2.05, 4.69) is 4.90 Å². The summed E-state index contributed by atoms with van der Waals surface area (Å²) in [5.41, 5.74) is 0. The monoisotopic (exact) mass is 217 g/mol. The molecule has 0 N–H and O–H groups in total. The number of hydrogen-bond acceptors (Lipinski definition) is 3. The second-order valence-corrected chi connectivity index (χ2v) is 5.00. The Hall–Kier alpha value is -0.160. The highest BCUT2D eigenvalue weighted by Crippen LogP contribution is 2.09. The van der Waals surface area contributed by atoms with Crippen LogP contribution in [-0.2, 0) is 9.57 Å². The van der Waals surface area contributed by atoms with Crippen molar-refractivity contribution >= 4 is 0 Å². The third-order valence-electron chi connectivity index (χ3n) is 2.50. The lowest BCUT2D eigenvalue weighted by molar-refractivity contribution is -1.07. The zero-order valence-electron chi connectivity index (χ0n) is 10.4. The van der Waals surface area contributed by atoms with Gasteiger partial charge in [0.15, 0.2) is 0 Å². The number of rotatable bonds is 5. The number of ether oxygens (including phenoxy) is 1. The van der Waals surface area contributed by atoms with Crippen LogP contribution in [0.25, 0.3) is 0 Å². The van der Waals surface area contributed by atoms with E-state index in [9.17, 15) is 0 Å². The van der Waals surface area contributed by atoms with Gasteiger partial charge in [-0.3, -0.25) is 4.90 Å². The predicted octanol–water partition coefficient (Wildman–Crippen LogP) is 1.43. The molecule has 1 saturated heterocycles. The zero-order chi connectivity index (χ0) is 11.1. The van der Waals surface area contributed by atoms with Crippen LogP contribution in [0.5, 0.6) is 0 Å². The van der Waals surface area contributed by atoms with Crippen LogP contribution in [0.2, 0.25) is 0 Å². The van der Waals surface area contributed by atoms with Gasteiger partial charge in [-0.25, -0.2) is 0 Å². The van der Waals surface area contributed by atoms with Crippen molar-refractivity contribution in [1.29, 1.82) is 0 Å². The first kappa shape index (κ1) is 12.9. The van der Waals surface area contributed by atoms with Crippen LogP contribution >= 0.6 is 0 Å². The second kappa shape index (κ2) is 6.43. The molecule has 90 valence electrons. The van der Waals surface area contributed by atoms with Crippen LogP contribution in [0.1, 0.15) is 25.7 Å². The van der Waals surface area contributed by atoms with Crippen LogP contribution in [0.15, 0.2) is 0 Å². The Labute approximate surface area is 93.3 Å². The molecule has 15 heavy (non-hydrogen) atoms. The summed E-state index contributed by atoms with van der Waals surface area (Å²) in [6.07, 6.45) is 5.34. The molecule has 0 unspecified atom stereocenters. The molecular formula is C11H25N2O2+. The smallest absolute Gasteiger partial charge is 0.206 e. The average molecular weight is 217 g/mol. The standard InChI is InChI=1S/C11H25N2O2/c1-13(2,3)15-11-14-10-12-8-6-4-5-7-9-12/h4-11H2,1-3H3/q+1. The predicted molar refractivity (Wildman–Crippen MR) is 60.0 cm³/mol. The number of quaternary nitrogens is 1. The molecule has 1 heterocycles. The summed E-state index contributed by atoms with van der Waals surface area (Å²) < 4.78 is 5.98. The molecule has 0 saturated carbocycles. The van der Waals surface area contributed by atoms with Crippen LogP contribution in [0.4, 0.5) is 0 Å². The molecule has 0 atom stereocenters. The van der Waals surface area contributed by atoms with Crippen LogP contribution in [0.3, 0.4) is 0 Å². The number of nitrogens with zero attached hydrogens (tertiary/aromatic N) is 2. The minimum Gasteiger partial charge on any atom is -0.334 e. The minimum absolute atomic E-state index is 0.375. The molecule has 1 rings (SSSR count). The molecule has 0 aliphatic carbocycles. The van der Waals surface area contributed by atoms with E-state index in [1.54, 1.807) is 0 Å². The van der Waals surface area contributed by atoms with E-state index < -0.39 is 0 Å². The third kappa shape index (κ3) is 6.84. The van der Waals surface area contributed by atoms with Crippen molar-refractivity contribution in [1.82, 2.24) is 4.90 Å². The van der Waals surface area contributed by atoms with Crippen molar-refractivity contribution in [2.45, 2.75) is 25.7 Å². The zero-order valence-corrected chi connectivity index (χ0v) is 10.4. The van der Waals surface area contributed by atoms with Gasteiger partial charge in [-0.1, -0.05) is 12.8 Å². The van der Waals surface area contributed by atoms with E-state index in [1.807, 2.05) is 21.1 Å². The van der Waals surface area contributed by atoms with Gasteiger partial charge in [0.1, 0.15) is 6.73 Å². The highest BCUT2D eigenvalue weighted by atomic mass is 16.8. The van der Waals surface area contributed by atoms with Crippen molar-refractivity contribution in [2.75, 3.05) is 47.8 Å². The summed E-state index contributed by atoms with van der Waals surface area (Å²) in [5, 5.41) is 0. The lowest BCUT2D eigenvalue weighted by atomic mass is 10.2. The van der Waals surface area contributed by atoms with Crippen molar-refractivity contribution in [3.05, 3.63) is 0 Å². The summed E-state index contributed by atoms with van der Waals surface area (Å²) in [6, 6.07) is 0. The fourth-order valence-electron chi connectivity index (χ4n) is 1.63. The van der Waals surface area contributed by atoms with E-state index in [0.29, 0.717) is 18.2 Å². The van der Waals surface area contributed by atoms with Crippen LogP contribution < -0.4 is 0 Å². The summed E-state index contributed by atoms with van der Waals surface area (Å²) in [6.45, 7) is 3.43. The van der Waals surface area contributed by atoms with E-state index in [0.717, 1.165) is 0 Å². The normalized spacial score (nSPS) is 20.2. The molecule has 1 aliphatic heterocycles. The largest absolute Gasteiger partial charge is 0.334 e. The highest BCUT2D eigenvalue weighted by molar-refractivity contribution is 4.59. The molecule has 0 aromatic rings. The molecule has 0 aromatic carbocycles. The van der Waals surface area contributed by atoms with Gasteiger partial charge in [-0.15, -0.1) is 0 Å². The molecule has 4 nitrogen and oxygen atoms in total. The Morgan fingerprint density at radius 3 is 2.13 bits per heavy atom. The van der Waals surface area contributed by atoms with Crippen LogP contribution in [-0.4, -0.2) is 57.3 Å². The maximum absolute atomic E-state index is 5.49. The molecule has 0 bridgehead atoms. The first-order valence-electron chi connectivity index (χ1n) is 5.84. The van der Waals surface area contributed by atoms with Crippen molar-refractivity contribution in [3.8, 4) is 0 Å². The molecule has 1 fully saturated rings. The van der Waals surface area contributed by atoms with E-state index >= 15 is 0 Å². The summed E-state index contributed by atoms with van der Waals surface area (Å²) in [4.78, 5) is 7.81. The Morgan fingerprint density at radius 2 is 1.60 bits per heavy atom. The topological polar surface area (TPSA) is 21.7 Å². The first-order chi connectivity index (χ1) is 7.08. The van der Waals surface area contributed by atoms with Gasteiger partial charge in [0.25, 0.3) is 0 Å². The molecule has 0 spiro atoms.